The van der Waals surface area contributed by atoms with Gasteiger partial charge in [-0.1, -0.05) is 55.2 Å². The van der Waals surface area contributed by atoms with Gasteiger partial charge >= 0.3 is 0 Å². The molecule has 0 aliphatic rings. The van der Waals surface area contributed by atoms with Crippen LogP contribution in [0.4, 0.5) is 5.69 Å². The van der Waals surface area contributed by atoms with E-state index in [4.69, 9.17) is 5.26 Å². The molecule has 0 aliphatic heterocycles. The standard InChI is InChI=1S/C17H20N2Si/c1-20(2,3)17-9-7-14(8-10-17)13-19-16-6-4-5-15(11-16)12-18/h4-11,19H,13H2,1-3H3. The van der Waals surface area contributed by atoms with Crippen LogP contribution in [0.1, 0.15) is 11.1 Å². The fourth-order valence-corrected chi connectivity index (χ4v) is 3.19. The fraction of sp³-hybridized carbons (Fsp3) is 0.235. The third-order valence-electron chi connectivity index (χ3n) is 3.31. The van der Waals surface area contributed by atoms with Gasteiger partial charge in [0.05, 0.1) is 19.7 Å². The number of nitriles is 1. The van der Waals surface area contributed by atoms with Crippen molar-refractivity contribution in [3.05, 3.63) is 59.7 Å². The molecule has 0 spiro atoms. The first-order chi connectivity index (χ1) is 9.49. The maximum atomic E-state index is 8.88. The first-order valence-corrected chi connectivity index (χ1v) is 10.3. The van der Waals surface area contributed by atoms with E-state index in [9.17, 15) is 0 Å². The average Bonchev–Trinajstić information content (AvgIpc) is 2.45. The first kappa shape index (κ1) is 14.4. The summed E-state index contributed by atoms with van der Waals surface area (Å²) in [5.41, 5.74) is 2.93. The Morgan fingerprint density at radius 3 is 2.35 bits per heavy atom. The second-order valence-electron chi connectivity index (χ2n) is 5.99. The van der Waals surface area contributed by atoms with E-state index in [0.29, 0.717) is 5.56 Å². The van der Waals surface area contributed by atoms with Crippen molar-refractivity contribution in [1.82, 2.24) is 0 Å². The lowest BCUT2D eigenvalue weighted by molar-refractivity contribution is 1.15. The zero-order chi connectivity index (χ0) is 14.6. The van der Waals surface area contributed by atoms with Crippen LogP contribution >= 0.6 is 0 Å². The molecule has 2 nitrogen and oxygen atoms in total. The van der Waals surface area contributed by atoms with Crippen LogP contribution in [-0.2, 0) is 6.54 Å². The van der Waals surface area contributed by atoms with Gasteiger partial charge < -0.3 is 5.32 Å². The minimum absolute atomic E-state index is 0.684. The number of rotatable bonds is 4. The van der Waals surface area contributed by atoms with Crippen LogP contribution in [0.5, 0.6) is 0 Å². The summed E-state index contributed by atoms with van der Waals surface area (Å²) in [5, 5.41) is 13.7. The molecule has 0 radical (unpaired) electrons. The maximum Gasteiger partial charge on any atom is 0.0992 e. The number of nitrogens with one attached hydrogen (secondary N) is 1. The second-order valence-corrected chi connectivity index (χ2v) is 11.1. The van der Waals surface area contributed by atoms with Crippen molar-refractivity contribution in [2.24, 2.45) is 0 Å². The Labute approximate surface area is 122 Å². The summed E-state index contributed by atoms with van der Waals surface area (Å²) in [4.78, 5) is 0. The van der Waals surface area contributed by atoms with Gasteiger partial charge in [-0.2, -0.15) is 5.26 Å². The highest BCUT2D eigenvalue weighted by Crippen LogP contribution is 2.12. The normalized spacial score (nSPS) is 10.9. The molecule has 102 valence electrons. The zero-order valence-corrected chi connectivity index (χ0v) is 13.3. The van der Waals surface area contributed by atoms with Crippen molar-refractivity contribution in [3.63, 3.8) is 0 Å². The quantitative estimate of drug-likeness (QED) is 0.867. The van der Waals surface area contributed by atoms with Crippen molar-refractivity contribution >= 4 is 18.9 Å². The van der Waals surface area contributed by atoms with Gasteiger partial charge in [0, 0.05) is 12.2 Å². The van der Waals surface area contributed by atoms with Gasteiger partial charge in [0.15, 0.2) is 0 Å². The Morgan fingerprint density at radius 2 is 1.75 bits per heavy atom. The monoisotopic (exact) mass is 280 g/mol. The molecule has 0 unspecified atom stereocenters. The topological polar surface area (TPSA) is 35.8 Å². The second kappa shape index (κ2) is 5.94. The van der Waals surface area contributed by atoms with Crippen LogP contribution in [0.25, 0.3) is 0 Å². The highest BCUT2D eigenvalue weighted by molar-refractivity contribution is 6.88. The third kappa shape index (κ3) is 3.72. The van der Waals surface area contributed by atoms with Crippen LogP contribution in [-0.4, -0.2) is 8.07 Å². The van der Waals surface area contributed by atoms with Crippen LogP contribution in [0.3, 0.4) is 0 Å². The van der Waals surface area contributed by atoms with Gasteiger partial charge in [-0.3, -0.25) is 0 Å². The van der Waals surface area contributed by atoms with Crippen LogP contribution in [0.15, 0.2) is 48.5 Å². The Kier molecular flexibility index (Phi) is 4.26. The van der Waals surface area contributed by atoms with Gasteiger partial charge in [-0.05, 0) is 23.8 Å². The smallest absolute Gasteiger partial charge is 0.0992 e. The minimum Gasteiger partial charge on any atom is -0.381 e. The first-order valence-electron chi connectivity index (χ1n) is 6.82. The summed E-state index contributed by atoms with van der Waals surface area (Å²) >= 11 is 0. The highest BCUT2D eigenvalue weighted by atomic mass is 28.3. The molecular weight excluding hydrogens is 260 g/mol. The molecule has 0 fully saturated rings. The predicted octanol–water partition coefficient (Wildman–Crippen LogP) is 3.72. The number of hydrogen-bond acceptors (Lipinski definition) is 2. The number of hydrogen-bond donors (Lipinski definition) is 1. The number of nitrogens with zero attached hydrogens (tertiary/aromatic N) is 1. The Balaban J connectivity index is 2.02. The van der Waals surface area contributed by atoms with E-state index in [1.165, 1.54) is 10.8 Å². The van der Waals surface area contributed by atoms with Crippen LogP contribution in [0.2, 0.25) is 19.6 Å². The van der Waals surface area contributed by atoms with Crippen molar-refractivity contribution in [1.29, 1.82) is 5.26 Å². The molecule has 2 aromatic carbocycles. The number of anilines is 1. The van der Waals surface area contributed by atoms with Crippen LogP contribution in [0, 0.1) is 11.3 Å². The average molecular weight is 280 g/mol. The van der Waals surface area contributed by atoms with Gasteiger partial charge in [0.1, 0.15) is 0 Å². The summed E-state index contributed by atoms with van der Waals surface area (Å²) < 4.78 is 0. The van der Waals surface area contributed by atoms with Gasteiger partial charge in [-0.15, -0.1) is 0 Å². The number of benzene rings is 2. The van der Waals surface area contributed by atoms with Gasteiger partial charge in [0.2, 0.25) is 0 Å². The molecule has 0 aliphatic carbocycles. The van der Waals surface area contributed by atoms with E-state index < -0.39 is 8.07 Å². The molecule has 20 heavy (non-hydrogen) atoms. The molecule has 2 aromatic rings. The maximum absolute atomic E-state index is 8.88. The van der Waals surface area contributed by atoms with Crippen molar-refractivity contribution in [2.45, 2.75) is 26.2 Å². The Hall–Kier alpha value is -2.05. The van der Waals surface area contributed by atoms with E-state index in [2.05, 4.69) is 55.3 Å². The van der Waals surface area contributed by atoms with Crippen molar-refractivity contribution in [3.8, 4) is 6.07 Å². The molecule has 2 rings (SSSR count). The van der Waals surface area contributed by atoms with Crippen LogP contribution < -0.4 is 10.5 Å². The van der Waals surface area contributed by atoms with E-state index in [0.717, 1.165) is 12.2 Å². The lowest BCUT2D eigenvalue weighted by atomic mass is 10.2. The van der Waals surface area contributed by atoms with E-state index in [1.807, 2.05) is 24.3 Å². The molecule has 0 saturated heterocycles. The Morgan fingerprint density at radius 1 is 1.05 bits per heavy atom. The molecule has 0 heterocycles. The van der Waals surface area contributed by atoms with Gasteiger partial charge in [0.25, 0.3) is 0 Å². The van der Waals surface area contributed by atoms with E-state index in [-0.39, 0.29) is 0 Å². The van der Waals surface area contributed by atoms with Crippen molar-refractivity contribution < 1.29 is 0 Å². The lowest BCUT2D eigenvalue weighted by Crippen LogP contribution is -2.37. The zero-order valence-electron chi connectivity index (χ0n) is 12.3. The van der Waals surface area contributed by atoms with E-state index >= 15 is 0 Å². The summed E-state index contributed by atoms with van der Waals surface area (Å²) in [7, 11) is -1.21. The summed E-state index contributed by atoms with van der Waals surface area (Å²) in [6, 6.07) is 18.6. The highest BCUT2D eigenvalue weighted by Gasteiger charge is 2.15. The SMILES string of the molecule is C[Si](C)(C)c1ccc(CNc2cccc(C#N)c2)cc1. The van der Waals surface area contributed by atoms with Gasteiger partial charge in [-0.25, -0.2) is 0 Å². The molecule has 0 amide bonds. The summed E-state index contributed by atoms with van der Waals surface area (Å²) in [5.74, 6) is 0. The lowest BCUT2D eigenvalue weighted by Gasteiger charge is -2.17. The fourth-order valence-electron chi connectivity index (χ4n) is 2.03. The molecule has 0 bridgehead atoms. The molecule has 0 atom stereocenters. The molecule has 0 aromatic heterocycles. The Bertz CT molecular complexity index is 619. The summed E-state index contributed by atoms with van der Waals surface area (Å²) in [6.07, 6.45) is 0. The summed E-state index contributed by atoms with van der Waals surface area (Å²) in [6.45, 7) is 7.84. The molecule has 0 saturated carbocycles. The van der Waals surface area contributed by atoms with Crippen molar-refractivity contribution in [2.75, 3.05) is 5.32 Å². The molecule has 1 N–H and O–H groups in total. The third-order valence-corrected chi connectivity index (χ3v) is 5.37. The predicted molar refractivity (Wildman–Crippen MR) is 87.9 cm³/mol. The largest absolute Gasteiger partial charge is 0.381 e. The minimum atomic E-state index is -1.21. The van der Waals surface area contributed by atoms with E-state index in [1.54, 1.807) is 0 Å². The molecule has 3 heteroatoms. The molecular formula is C17H20N2Si.